The fourth-order valence-corrected chi connectivity index (χ4v) is 8.58. The van der Waals surface area contributed by atoms with E-state index in [4.69, 9.17) is 19.2 Å². The maximum atomic E-state index is 13.9. The van der Waals surface area contributed by atoms with E-state index in [1.165, 1.54) is 11.3 Å². The van der Waals surface area contributed by atoms with Crippen molar-refractivity contribution in [1.82, 2.24) is 14.9 Å². The number of amides is 1. The van der Waals surface area contributed by atoms with E-state index in [1.807, 2.05) is 101 Å². The Balaban J connectivity index is 1.10. The quantitative estimate of drug-likeness (QED) is 0.123. The summed E-state index contributed by atoms with van der Waals surface area (Å²) in [5.41, 5.74) is 5.36. The number of carbonyl (C=O) groups excluding carboxylic acids is 3. The average Bonchev–Trinajstić information content (AvgIpc) is 3.60. The molecule has 57 heavy (non-hydrogen) atoms. The van der Waals surface area contributed by atoms with Crippen molar-refractivity contribution in [3.8, 4) is 16.9 Å². The minimum Gasteiger partial charge on any atom is -0.493 e. The van der Waals surface area contributed by atoms with Crippen molar-refractivity contribution in [3.63, 3.8) is 0 Å². The first kappa shape index (κ1) is 39.9. The van der Waals surface area contributed by atoms with Crippen LogP contribution in [0, 0.1) is 12.8 Å². The molecule has 0 aliphatic carbocycles. The number of para-hydroxylation sites is 1. The molecule has 11 nitrogen and oxygen atoms in total. The zero-order chi connectivity index (χ0) is 40.1. The first-order valence-corrected chi connectivity index (χ1v) is 20.6. The van der Waals surface area contributed by atoms with E-state index >= 15 is 0 Å². The number of pyridine rings is 1. The number of fused-ring (bicyclic) bond motifs is 2. The molecule has 298 valence electrons. The van der Waals surface area contributed by atoms with Crippen molar-refractivity contribution in [2.75, 3.05) is 49.6 Å². The van der Waals surface area contributed by atoms with Crippen LogP contribution in [0.15, 0.2) is 72.8 Å². The molecule has 7 rings (SSSR count). The van der Waals surface area contributed by atoms with Crippen molar-refractivity contribution >= 4 is 50.3 Å². The number of ether oxygens (including phenoxy) is 3. The molecule has 1 saturated heterocycles. The summed E-state index contributed by atoms with van der Waals surface area (Å²) < 4.78 is 18.5. The second kappa shape index (κ2) is 17.4. The number of thiazole rings is 1. The number of aromatic nitrogens is 2. The molecule has 4 heterocycles. The van der Waals surface area contributed by atoms with Crippen molar-refractivity contribution in [2.45, 2.75) is 72.4 Å². The van der Waals surface area contributed by atoms with Crippen LogP contribution in [-0.2, 0) is 27.2 Å². The van der Waals surface area contributed by atoms with Crippen LogP contribution in [0.5, 0.6) is 5.75 Å². The number of esters is 2. The van der Waals surface area contributed by atoms with E-state index in [0.29, 0.717) is 67.3 Å². The number of nitrogens with one attached hydrogen (secondary N) is 1. The van der Waals surface area contributed by atoms with Crippen LogP contribution in [0.1, 0.15) is 84.5 Å². The fraction of sp³-hybridized carbons (Fsp3) is 0.400. The molecule has 12 heteroatoms. The van der Waals surface area contributed by atoms with Crippen molar-refractivity contribution in [3.05, 3.63) is 101 Å². The van der Waals surface area contributed by atoms with Gasteiger partial charge >= 0.3 is 11.9 Å². The van der Waals surface area contributed by atoms with Crippen LogP contribution in [0.25, 0.3) is 21.3 Å². The number of hydrogen-bond donors (Lipinski definition) is 1. The maximum absolute atomic E-state index is 13.9. The highest BCUT2D eigenvalue weighted by molar-refractivity contribution is 7.22. The third-order valence-electron chi connectivity index (χ3n) is 10.4. The minimum atomic E-state index is -0.730. The van der Waals surface area contributed by atoms with Gasteiger partial charge in [0.2, 0.25) is 0 Å². The van der Waals surface area contributed by atoms with Crippen LogP contribution in [0.3, 0.4) is 0 Å². The third kappa shape index (κ3) is 9.62. The first-order valence-electron chi connectivity index (χ1n) is 19.8. The summed E-state index contributed by atoms with van der Waals surface area (Å²) in [7, 11) is 0. The van der Waals surface area contributed by atoms with Gasteiger partial charge in [-0.3, -0.25) is 19.8 Å². The Kier molecular flexibility index (Phi) is 12.2. The zero-order valence-electron chi connectivity index (χ0n) is 33.4. The molecule has 0 spiro atoms. The number of nitrogens with zero attached hydrogens (tertiary/aromatic N) is 4. The van der Waals surface area contributed by atoms with Gasteiger partial charge in [0.05, 0.1) is 30.0 Å². The molecule has 2 aliphatic rings. The van der Waals surface area contributed by atoms with E-state index in [0.717, 1.165) is 70.6 Å². The van der Waals surface area contributed by atoms with E-state index in [1.54, 1.807) is 0 Å². The van der Waals surface area contributed by atoms with Crippen LogP contribution in [0.4, 0.5) is 10.9 Å². The predicted molar refractivity (Wildman–Crippen MR) is 224 cm³/mol. The molecular formula is C45H51N5O6S. The van der Waals surface area contributed by atoms with Gasteiger partial charge in [0.15, 0.2) is 10.8 Å². The Bertz CT molecular complexity index is 2230. The molecule has 1 amide bonds. The second-order valence-electron chi connectivity index (χ2n) is 15.7. The Hall–Kier alpha value is -5.33. The van der Waals surface area contributed by atoms with Gasteiger partial charge < -0.3 is 19.1 Å². The Morgan fingerprint density at radius 1 is 0.947 bits per heavy atom. The van der Waals surface area contributed by atoms with E-state index < -0.39 is 11.6 Å². The third-order valence-corrected chi connectivity index (χ3v) is 11.4. The van der Waals surface area contributed by atoms with E-state index in [9.17, 15) is 14.4 Å². The Morgan fingerprint density at radius 3 is 2.58 bits per heavy atom. The molecule has 0 bridgehead atoms. The van der Waals surface area contributed by atoms with E-state index in [-0.39, 0.29) is 17.6 Å². The van der Waals surface area contributed by atoms with Gasteiger partial charge in [-0.1, -0.05) is 47.7 Å². The highest BCUT2D eigenvalue weighted by Crippen LogP contribution is 2.36. The summed E-state index contributed by atoms with van der Waals surface area (Å²) in [6, 6.07) is 23.4. The summed E-state index contributed by atoms with van der Waals surface area (Å²) in [5.74, 6) is 0.905. The van der Waals surface area contributed by atoms with Crippen LogP contribution >= 0.6 is 11.3 Å². The first-order chi connectivity index (χ1) is 27.5. The number of piperidine rings is 1. The van der Waals surface area contributed by atoms with Crippen molar-refractivity contribution in [2.24, 2.45) is 5.92 Å². The standard InChI is InChI=1S/C45H51N5O6S/c1-6-54-40(51)28-49-23-11-12-30(26-49)22-25-55-37-17-10-14-32(29(37)2)33-19-20-39(47-41(33)43(53)56-45(3,4)5)50-24-21-31-13-9-15-34(35(31)27-50)42(52)48-44-46-36-16-7-8-18-38(36)57-44/h7-10,13-20,30H,6,11-12,21-28H2,1-5H3,(H,46,48,52). The van der Waals surface area contributed by atoms with Gasteiger partial charge in [-0.2, -0.15) is 0 Å². The number of anilines is 2. The molecule has 3 aromatic carbocycles. The van der Waals surface area contributed by atoms with Gasteiger partial charge in [0.25, 0.3) is 5.91 Å². The summed E-state index contributed by atoms with van der Waals surface area (Å²) in [6.07, 6.45) is 3.72. The van der Waals surface area contributed by atoms with Crippen LogP contribution < -0.4 is 15.0 Å². The van der Waals surface area contributed by atoms with Gasteiger partial charge in [0.1, 0.15) is 17.2 Å². The molecular weight excluding hydrogens is 739 g/mol. The molecule has 0 radical (unpaired) electrons. The lowest BCUT2D eigenvalue weighted by Crippen LogP contribution is -2.39. The molecule has 0 saturated carbocycles. The largest absolute Gasteiger partial charge is 0.493 e. The Morgan fingerprint density at radius 2 is 1.77 bits per heavy atom. The molecule has 2 aliphatic heterocycles. The highest BCUT2D eigenvalue weighted by Gasteiger charge is 2.28. The maximum Gasteiger partial charge on any atom is 0.358 e. The topological polar surface area (TPSA) is 123 Å². The molecule has 5 aromatic rings. The Labute approximate surface area is 338 Å². The van der Waals surface area contributed by atoms with Crippen LogP contribution in [0.2, 0.25) is 0 Å². The van der Waals surface area contributed by atoms with Gasteiger partial charge in [-0.25, -0.2) is 14.8 Å². The number of rotatable bonds is 12. The molecule has 1 atom stereocenters. The van der Waals surface area contributed by atoms with Crippen LogP contribution in [-0.4, -0.2) is 77.7 Å². The van der Waals surface area contributed by atoms with Gasteiger partial charge in [-0.15, -0.1) is 0 Å². The lowest BCUT2D eigenvalue weighted by Gasteiger charge is -2.32. The van der Waals surface area contributed by atoms with Gasteiger partial charge in [-0.05, 0) is 131 Å². The molecule has 1 unspecified atom stereocenters. The van der Waals surface area contributed by atoms with Crippen molar-refractivity contribution < 1.29 is 28.6 Å². The molecule has 2 aromatic heterocycles. The highest BCUT2D eigenvalue weighted by atomic mass is 32.1. The number of hydrogen-bond acceptors (Lipinski definition) is 11. The second-order valence-corrected chi connectivity index (χ2v) is 16.8. The normalized spacial score (nSPS) is 15.9. The summed E-state index contributed by atoms with van der Waals surface area (Å²) in [5, 5.41) is 3.57. The average molecular weight is 790 g/mol. The number of likely N-dealkylation sites (tertiary alicyclic amines) is 1. The predicted octanol–water partition coefficient (Wildman–Crippen LogP) is 8.48. The number of benzene rings is 3. The summed E-state index contributed by atoms with van der Waals surface area (Å²) in [4.78, 5) is 53.5. The minimum absolute atomic E-state index is 0.174. The van der Waals surface area contributed by atoms with E-state index in [2.05, 4.69) is 26.2 Å². The summed E-state index contributed by atoms with van der Waals surface area (Å²) in [6.45, 7) is 13.5. The smallest absolute Gasteiger partial charge is 0.358 e. The fourth-order valence-electron chi connectivity index (χ4n) is 7.72. The van der Waals surface area contributed by atoms with Gasteiger partial charge in [0, 0.05) is 30.8 Å². The number of carbonyl (C=O) groups is 3. The lowest BCUT2D eigenvalue weighted by molar-refractivity contribution is -0.144. The SMILES string of the molecule is CCOC(=O)CN1CCCC(CCOc2cccc(-c3ccc(N4CCc5cccc(C(=O)Nc6nc7ccccc7s6)c5C4)nc3C(=O)OC(C)(C)C)c2C)C1. The molecule has 1 N–H and O–H groups in total. The monoisotopic (exact) mass is 789 g/mol. The lowest BCUT2D eigenvalue weighted by atomic mass is 9.94. The summed E-state index contributed by atoms with van der Waals surface area (Å²) >= 11 is 1.45. The molecule has 1 fully saturated rings. The zero-order valence-corrected chi connectivity index (χ0v) is 34.2. The van der Waals surface area contributed by atoms with Crippen molar-refractivity contribution in [1.29, 1.82) is 0 Å².